The molecule has 2 atom stereocenters. The highest BCUT2D eigenvalue weighted by Crippen LogP contribution is 2.31. The van der Waals surface area contributed by atoms with Gasteiger partial charge < -0.3 is 0 Å². The topological polar surface area (TPSA) is 0 Å². The molecule has 0 aromatic carbocycles. The predicted octanol–water partition coefficient (Wildman–Crippen LogP) is 3.00. The second-order valence-corrected chi connectivity index (χ2v) is 3.34. The van der Waals surface area contributed by atoms with E-state index in [0.717, 1.165) is 12.3 Å². The zero-order valence-electron chi connectivity index (χ0n) is 7.05. The van der Waals surface area contributed by atoms with E-state index in [9.17, 15) is 0 Å². The van der Waals surface area contributed by atoms with Gasteiger partial charge in [0.25, 0.3) is 0 Å². The molecule has 1 fully saturated rings. The maximum atomic E-state index is 5.44. The van der Waals surface area contributed by atoms with E-state index < -0.39 is 0 Å². The van der Waals surface area contributed by atoms with Crippen LogP contribution < -0.4 is 0 Å². The maximum absolute atomic E-state index is 5.44. The van der Waals surface area contributed by atoms with Gasteiger partial charge in [-0.2, -0.15) is 0 Å². The number of hydrogen-bond acceptors (Lipinski definition) is 0. The van der Waals surface area contributed by atoms with Crippen LogP contribution in [-0.2, 0) is 0 Å². The average molecular weight is 148 g/mol. The summed E-state index contributed by atoms with van der Waals surface area (Å²) < 4.78 is 0. The van der Waals surface area contributed by atoms with Crippen molar-refractivity contribution in [2.45, 2.75) is 32.1 Å². The van der Waals surface area contributed by atoms with Crippen molar-refractivity contribution in [3.63, 3.8) is 0 Å². The molecule has 0 aromatic rings. The van der Waals surface area contributed by atoms with Crippen molar-refractivity contribution in [3.8, 4) is 12.3 Å². The van der Waals surface area contributed by atoms with Crippen molar-refractivity contribution >= 4 is 0 Å². The minimum Gasteiger partial charge on any atom is -0.120 e. The number of terminal acetylenes is 1. The normalized spacial score (nSPS) is 30.8. The molecule has 0 N–H and O–H groups in total. The summed E-state index contributed by atoms with van der Waals surface area (Å²) in [6, 6.07) is 0. The first kappa shape index (κ1) is 8.40. The maximum Gasteiger partial charge on any atom is 0.0231 e. The molecule has 60 valence electrons. The molecule has 0 amide bonds. The molecule has 0 heteroatoms. The van der Waals surface area contributed by atoms with Crippen molar-refractivity contribution in [1.82, 2.24) is 0 Å². The zero-order chi connectivity index (χ0) is 8.10. The molecule has 11 heavy (non-hydrogen) atoms. The van der Waals surface area contributed by atoms with E-state index >= 15 is 0 Å². The molecule has 0 aromatic heterocycles. The second-order valence-electron chi connectivity index (χ2n) is 3.34. The molecule has 1 rings (SSSR count). The third kappa shape index (κ3) is 2.12. The Morgan fingerprint density at radius 1 is 1.45 bits per heavy atom. The fourth-order valence-electron chi connectivity index (χ4n) is 1.92. The molecule has 1 saturated carbocycles. The van der Waals surface area contributed by atoms with Crippen LogP contribution in [-0.4, -0.2) is 0 Å². The molecule has 0 nitrogen and oxygen atoms in total. The molecule has 0 radical (unpaired) electrons. The lowest BCUT2D eigenvalue weighted by atomic mass is 9.78. The van der Waals surface area contributed by atoms with Gasteiger partial charge in [0, 0.05) is 5.92 Å². The van der Waals surface area contributed by atoms with Gasteiger partial charge in [-0.15, -0.1) is 18.9 Å². The largest absolute Gasteiger partial charge is 0.120 e. The summed E-state index contributed by atoms with van der Waals surface area (Å²) in [7, 11) is 0. The smallest absolute Gasteiger partial charge is 0.0231 e. The van der Waals surface area contributed by atoms with Gasteiger partial charge >= 0.3 is 0 Å². The molecule has 1 aliphatic rings. The van der Waals surface area contributed by atoms with Crippen LogP contribution in [0, 0.1) is 24.2 Å². The summed E-state index contributed by atoms with van der Waals surface area (Å²) >= 11 is 0. The predicted molar refractivity (Wildman–Crippen MR) is 49.1 cm³/mol. The van der Waals surface area contributed by atoms with Gasteiger partial charge in [0.2, 0.25) is 0 Å². The van der Waals surface area contributed by atoms with Crippen molar-refractivity contribution < 1.29 is 0 Å². The Kier molecular flexibility index (Phi) is 3.23. The van der Waals surface area contributed by atoms with Crippen molar-refractivity contribution in [1.29, 1.82) is 0 Å². The van der Waals surface area contributed by atoms with Crippen LogP contribution in [0.2, 0.25) is 0 Å². The van der Waals surface area contributed by atoms with Crippen molar-refractivity contribution in [3.05, 3.63) is 12.7 Å². The lowest BCUT2D eigenvalue weighted by Crippen LogP contribution is -2.17. The number of allylic oxidation sites excluding steroid dienone is 1. The monoisotopic (exact) mass is 148 g/mol. The molecule has 0 bridgehead atoms. The van der Waals surface area contributed by atoms with E-state index in [1.807, 2.05) is 6.08 Å². The van der Waals surface area contributed by atoms with E-state index in [1.54, 1.807) is 0 Å². The minimum atomic E-state index is 0.529. The molecular weight excluding hydrogens is 132 g/mol. The average Bonchev–Trinajstić information content (AvgIpc) is 2.06. The Labute approximate surface area is 69.7 Å². The fourth-order valence-corrected chi connectivity index (χ4v) is 1.92. The summed E-state index contributed by atoms with van der Waals surface area (Å²) in [5, 5.41) is 0. The highest BCUT2D eigenvalue weighted by atomic mass is 14.2. The van der Waals surface area contributed by atoms with E-state index in [2.05, 4.69) is 12.5 Å². The Bertz CT molecular complexity index is 161. The lowest BCUT2D eigenvalue weighted by Gasteiger charge is -2.26. The SMILES string of the molecule is C#CC1CCCCC1CC=C. The minimum absolute atomic E-state index is 0.529. The Morgan fingerprint density at radius 2 is 2.18 bits per heavy atom. The Balaban J connectivity index is 2.45. The fraction of sp³-hybridized carbons (Fsp3) is 0.636. The van der Waals surface area contributed by atoms with Gasteiger partial charge in [-0.1, -0.05) is 18.9 Å². The first-order valence-electron chi connectivity index (χ1n) is 4.45. The highest BCUT2D eigenvalue weighted by molar-refractivity contribution is 4.99. The summed E-state index contributed by atoms with van der Waals surface area (Å²) in [5.41, 5.74) is 0. The first-order valence-corrected chi connectivity index (χ1v) is 4.45. The standard InChI is InChI=1S/C11H16/c1-3-7-11-9-6-5-8-10(11)4-2/h2-3,10-11H,1,5-9H2. The van der Waals surface area contributed by atoms with Gasteiger partial charge in [-0.3, -0.25) is 0 Å². The van der Waals surface area contributed by atoms with Gasteiger partial charge in [0.05, 0.1) is 0 Å². The Hall–Kier alpha value is -0.700. The molecule has 0 saturated heterocycles. The van der Waals surface area contributed by atoms with Crippen LogP contribution >= 0.6 is 0 Å². The highest BCUT2D eigenvalue weighted by Gasteiger charge is 2.21. The molecule has 1 aliphatic carbocycles. The van der Waals surface area contributed by atoms with Crippen LogP contribution in [0.25, 0.3) is 0 Å². The summed E-state index contributed by atoms with van der Waals surface area (Å²) in [5.74, 6) is 4.15. The van der Waals surface area contributed by atoms with Crippen LogP contribution in [0.15, 0.2) is 12.7 Å². The second kappa shape index (κ2) is 4.23. The molecule has 0 aliphatic heterocycles. The first-order chi connectivity index (χ1) is 5.38. The third-order valence-electron chi connectivity index (χ3n) is 2.59. The van der Waals surface area contributed by atoms with Gasteiger partial charge in [-0.25, -0.2) is 0 Å². The van der Waals surface area contributed by atoms with Gasteiger partial charge in [-0.05, 0) is 25.2 Å². The van der Waals surface area contributed by atoms with E-state index in [-0.39, 0.29) is 0 Å². The molecule has 2 unspecified atom stereocenters. The number of hydrogen-bond donors (Lipinski definition) is 0. The Morgan fingerprint density at radius 3 is 2.82 bits per heavy atom. The summed E-state index contributed by atoms with van der Waals surface area (Å²) in [4.78, 5) is 0. The van der Waals surface area contributed by atoms with Crippen molar-refractivity contribution in [2.24, 2.45) is 11.8 Å². The van der Waals surface area contributed by atoms with E-state index in [4.69, 9.17) is 6.42 Å². The molecule has 0 spiro atoms. The van der Waals surface area contributed by atoms with Gasteiger partial charge in [0.1, 0.15) is 0 Å². The van der Waals surface area contributed by atoms with Crippen LogP contribution in [0.3, 0.4) is 0 Å². The van der Waals surface area contributed by atoms with Crippen LogP contribution in [0.1, 0.15) is 32.1 Å². The van der Waals surface area contributed by atoms with E-state index in [0.29, 0.717) is 5.92 Å². The lowest BCUT2D eigenvalue weighted by molar-refractivity contribution is 0.295. The van der Waals surface area contributed by atoms with Crippen LogP contribution in [0.4, 0.5) is 0 Å². The summed E-state index contributed by atoms with van der Waals surface area (Å²) in [6.45, 7) is 3.75. The van der Waals surface area contributed by atoms with Crippen LogP contribution in [0.5, 0.6) is 0 Å². The third-order valence-corrected chi connectivity index (χ3v) is 2.59. The quantitative estimate of drug-likeness (QED) is 0.417. The molecule has 0 heterocycles. The zero-order valence-corrected chi connectivity index (χ0v) is 7.05. The summed E-state index contributed by atoms with van der Waals surface area (Å²) in [6.07, 6.45) is 13.8. The van der Waals surface area contributed by atoms with E-state index in [1.165, 1.54) is 25.7 Å². The number of rotatable bonds is 2. The van der Waals surface area contributed by atoms with Crippen molar-refractivity contribution in [2.75, 3.05) is 0 Å². The molecular formula is C11H16. The van der Waals surface area contributed by atoms with Gasteiger partial charge in [0.15, 0.2) is 0 Å².